The minimum Gasteiger partial charge on any atom is -0.347 e. The standard InChI is InChI=1S/C19H26N4OS.HI/c1-22(2)18(24)15-21-19(20-14-16-8-5-4-6-9-16)23(3)12-11-17-10-7-13-25-17;/h4-10,13H,11-12,14-15H2,1-3H3,(H,20,21);1H. The van der Waals surface area contributed by atoms with E-state index in [1.54, 1.807) is 30.3 Å². The lowest BCUT2D eigenvalue weighted by Gasteiger charge is -2.23. The van der Waals surface area contributed by atoms with Crippen LogP contribution in [-0.2, 0) is 17.8 Å². The first-order valence-corrected chi connectivity index (χ1v) is 9.20. The fraction of sp³-hybridized carbons (Fsp3) is 0.368. The summed E-state index contributed by atoms with van der Waals surface area (Å²) in [6, 6.07) is 14.3. The fourth-order valence-electron chi connectivity index (χ4n) is 2.21. The molecule has 0 saturated carbocycles. The lowest BCUT2D eigenvalue weighted by Crippen LogP contribution is -2.44. The predicted octanol–water partition coefficient (Wildman–Crippen LogP) is 3.07. The van der Waals surface area contributed by atoms with Crippen molar-refractivity contribution in [2.45, 2.75) is 13.0 Å². The first kappa shape index (κ1) is 22.4. The molecule has 0 fully saturated rings. The predicted molar refractivity (Wildman–Crippen MR) is 120 cm³/mol. The van der Waals surface area contributed by atoms with Gasteiger partial charge in [0.15, 0.2) is 5.96 Å². The molecule has 26 heavy (non-hydrogen) atoms. The lowest BCUT2D eigenvalue weighted by atomic mass is 10.2. The number of nitrogens with zero attached hydrogens (tertiary/aromatic N) is 3. The Labute approximate surface area is 177 Å². The van der Waals surface area contributed by atoms with Crippen molar-refractivity contribution in [2.75, 3.05) is 34.2 Å². The maximum Gasteiger partial charge on any atom is 0.241 e. The summed E-state index contributed by atoms with van der Waals surface area (Å²) in [6.45, 7) is 1.67. The summed E-state index contributed by atoms with van der Waals surface area (Å²) in [5.41, 5.74) is 1.15. The Bertz CT molecular complexity index is 674. The van der Waals surface area contributed by atoms with E-state index in [2.05, 4.69) is 44.9 Å². The fourth-order valence-corrected chi connectivity index (χ4v) is 2.91. The van der Waals surface area contributed by atoms with E-state index in [4.69, 9.17) is 0 Å². The van der Waals surface area contributed by atoms with Crippen molar-refractivity contribution in [3.05, 3.63) is 58.3 Å². The number of hydrogen-bond donors (Lipinski definition) is 1. The number of nitrogens with one attached hydrogen (secondary N) is 1. The van der Waals surface area contributed by atoms with E-state index in [0.717, 1.165) is 24.5 Å². The molecule has 0 atom stereocenters. The number of carbonyl (C=O) groups is 1. The topological polar surface area (TPSA) is 47.9 Å². The highest BCUT2D eigenvalue weighted by molar-refractivity contribution is 14.0. The van der Waals surface area contributed by atoms with E-state index in [1.165, 1.54) is 4.88 Å². The van der Waals surface area contributed by atoms with Gasteiger partial charge in [0.1, 0.15) is 0 Å². The van der Waals surface area contributed by atoms with Crippen LogP contribution in [-0.4, -0.2) is 55.9 Å². The van der Waals surface area contributed by atoms with Gasteiger partial charge in [0.05, 0.1) is 13.1 Å². The van der Waals surface area contributed by atoms with Gasteiger partial charge in [-0.25, -0.2) is 4.99 Å². The Morgan fingerprint density at radius 2 is 1.85 bits per heavy atom. The summed E-state index contributed by atoms with van der Waals surface area (Å²) in [7, 11) is 5.52. The Hall–Kier alpha value is -1.61. The van der Waals surface area contributed by atoms with Crippen LogP contribution in [0.5, 0.6) is 0 Å². The molecule has 0 aliphatic heterocycles. The van der Waals surface area contributed by atoms with Gasteiger partial charge in [0, 0.05) is 32.6 Å². The maximum absolute atomic E-state index is 11.9. The molecule has 0 unspecified atom stereocenters. The van der Waals surface area contributed by atoms with Crippen molar-refractivity contribution in [2.24, 2.45) is 4.99 Å². The zero-order valence-electron chi connectivity index (χ0n) is 15.5. The minimum absolute atomic E-state index is 0. The first-order valence-electron chi connectivity index (χ1n) is 8.32. The van der Waals surface area contributed by atoms with Gasteiger partial charge in [-0.15, -0.1) is 35.3 Å². The second-order valence-electron chi connectivity index (χ2n) is 6.02. The number of benzene rings is 1. The highest BCUT2D eigenvalue weighted by Gasteiger charge is 2.10. The van der Waals surface area contributed by atoms with E-state index in [1.807, 2.05) is 25.2 Å². The SMILES string of the molecule is CN(C)C(=O)CNC(=NCc1ccccc1)N(C)CCc1cccs1.I. The Morgan fingerprint density at radius 1 is 1.12 bits per heavy atom. The van der Waals surface area contributed by atoms with Gasteiger partial charge >= 0.3 is 0 Å². The zero-order valence-corrected chi connectivity index (χ0v) is 18.7. The average molecular weight is 486 g/mol. The number of hydrogen-bond acceptors (Lipinski definition) is 3. The number of amides is 1. The molecule has 0 aliphatic rings. The van der Waals surface area contributed by atoms with E-state index in [0.29, 0.717) is 6.54 Å². The van der Waals surface area contributed by atoms with Gasteiger partial charge in [-0.3, -0.25) is 4.79 Å². The minimum atomic E-state index is 0. The number of rotatable bonds is 7. The normalized spacial score (nSPS) is 10.8. The van der Waals surface area contributed by atoms with Crippen LogP contribution in [0.2, 0.25) is 0 Å². The highest BCUT2D eigenvalue weighted by atomic mass is 127. The van der Waals surface area contributed by atoms with Crippen LogP contribution in [0.1, 0.15) is 10.4 Å². The van der Waals surface area contributed by atoms with E-state index in [9.17, 15) is 4.79 Å². The molecule has 0 radical (unpaired) electrons. The summed E-state index contributed by atoms with van der Waals surface area (Å²) in [5.74, 6) is 0.773. The monoisotopic (exact) mass is 486 g/mol. The van der Waals surface area contributed by atoms with Crippen LogP contribution in [0.4, 0.5) is 0 Å². The Kier molecular flexibility index (Phi) is 10.3. The Morgan fingerprint density at radius 3 is 2.46 bits per heavy atom. The number of guanidine groups is 1. The highest BCUT2D eigenvalue weighted by Crippen LogP contribution is 2.09. The third kappa shape index (κ3) is 7.74. The molecule has 1 aromatic heterocycles. The van der Waals surface area contributed by atoms with Crippen molar-refractivity contribution in [1.82, 2.24) is 15.1 Å². The number of aliphatic imine (C=N–C) groups is 1. The molecule has 1 amide bonds. The molecule has 0 bridgehead atoms. The molecule has 0 saturated heterocycles. The van der Waals surface area contributed by atoms with Crippen LogP contribution in [0.25, 0.3) is 0 Å². The largest absolute Gasteiger partial charge is 0.347 e. The van der Waals surface area contributed by atoms with Crippen molar-refractivity contribution in [1.29, 1.82) is 0 Å². The molecule has 0 aliphatic carbocycles. The first-order chi connectivity index (χ1) is 12.1. The molecular weight excluding hydrogens is 459 g/mol. The number of carbonyl (C=O) groups excluding carboxylic acids is 1. The molecule has 142 valence electrons. The number of likely N-dealkylation sites (N-methyl/N-ethyl adjacent to an activating group) is 2. The molecule has 7 heteroatoms. The van der Waals surface area contributed by atoms with E-state index in [-0.39, 0.29) is 36.4 Å². The van der Waals surface area contributed by atoms with Crippen LogP contribution < -0.4 is 5.32 Å². The maximum atomic E-state index is 11.9. The quantitative estimate of drug-likeness (QED) is 0.372. The van der Waals surface area contributed by atoms with Crippen molar-refractivity contribution >= 4 is 47.2 Å². The van der Waals surface area contributed by atoms with Crippen LogP contribution in [0.3, 0.4) is 0 Å². The summed E-state index contributed by atoms with van der Waals surface area (Å²) in [4.78, 5) is 21.6. The lowest BCUT2D eigenvalue weighted by molar-refractivity contribution is -0.127. The third-order valence-electron chi connectivity index (χ3n) is 3.79. The molecule has 1 heterocycles. The van der Waals surface area contributed by atoms with Gasteiger partial charge in [-0.1, -0.05) is 36.4 Å². The van der Waals surface area contributed by atoms with Crippen LogP contribution in [0, 0.1) is 0 Å². The third-order valence-corrected chi connectivity index (χ3v) is 4.72. The Balaban J connectivity index is 0.00000338. The van der Waals surface area contributed by atoms with Crippen LogP contribution in [0.15, 0.2) is 52.8 Å². The van der Waals surface area contributed by atoms with Crippen molar-refractivity contribution < 1.29 is 4.79 Å². The molecule has 2 rings (SSSR count). The van der Waals surface area contributed by atoms with Gasteiger partial charge in [0.25, 0.3) is 0 Å². The summed E-state index contributed by atoms with van der Waals surface area (Å²) < 4.78 is 0. The van der Waals surface area contributed by atoms with E-state index < -0.39 is 0 Å². The summed E-state index contributed by atoms with van der Waals surface area (Å²) >= 11 is 1.76. The molecule has 0 spiro atoms. The van der Waals surface area contributed by atoms with Gasteiger partial charge < -0.3 is 15.1 Å². The second kappa shape index (κ2) is 11.9. The second-order valence-corrected chi connectivity index (χ2v) is 7.05. The molecule has 5 nitrogen and oxygen atoms in total. The number of halogens is 1. The average Bonchev–Trinajstić information content (AvgIpc) is 3.13. The van der Waals surface area contributed by atoms with Crippen LogP contribution >= 0.6 is 35.3 Å². The van der Waals surface area contributed by atoms with E-state index >= 15 is 0 Å². The van der Waals surface area contributed by atoms with Gasteiger partial charge in [0.2, 0.25) is 5.91 Å². The van der Waals surface area contributed by atoms with Gasteiger partial charge in [-0.05, 0) is 23.4 Å². The molecule has 1 aromatic carbocycles. The van der Waals surface area contributed by atoms with Crippen molar-refractivity contribution in [3.63, 3.8) is 0 Å². The molecular formula is C19H27IN4OS. The van der Waals surface area contributed by atoms with Gasteiger partial charge in [-0.2, -0.15) is 0 Å². The number of thiophene rings is 1. The summed E-state index contributed by atoms with van der Waals surface area (Å²) in [5, 5.41) is 5.28. The zero-order chi connectivity index (χ0) is 18.1. The molecule has 2 aromatic rings. The smallest absolute Gasteiger partial charge is 0.241 e. The van der Waals surface area contributed by atoms with Crippen molar-refractivity contribution in [3.8, 4) is 0 Å². The summed E-state index contributed by atoms with van der Waals surface area (Å²) in [6.07, 6.45) is 0.960. The molecule has 1 N–H and O–H groups in total.